The molecule has 1 atom stereocenters. The van der Waals surface area contributed by atoms with Crippen LogP contribution in [0.2, 0.25) is 5.02 Å². The summed E-state index contributed by atoms with van der Waals surface area (Å²) in [5, 5.41) is 3.88. The van der Waals surface area contributed by atoms with Gasteiger partial charge in [-0.25, -0.2) is 4.39 Å². The lowest BCUT2D eigenvalue weighted by Crippen LogP contribution is -2.31. The highest BCUT2D eigenvalue weighted by atomic mass is 35.5. The van der Waals surface area contributed by atoms with E-state index in [1.54, 1.807) is 0 Å². The highest BCUT2D eigenvalue weighted by molar-refractivity contribution is 6.32. The van der Waals surface area contributed by atoms with E-state index in [0.717, 1.165) is 17.0 Å². The number of hydrogen-bond donors (Lipinski definition) is 1. The number of rotatable bonds is 5. The molecule has 0 saturated carbocycles. The maximum absolute atomic E-state index is 13.0. The Labute approximate surface area is 143 Å². The van der Waals surface area contributed by atoms with Gasteiger partial charge in [-0.05, 0) is 37.3 Å². The van der Waals surface area contributed by atoms with Gasteiger partial charge in [0.15, 0.2) is 6.61 Å². The van der Waals surface area contributed by atoms with E-state index in [0.29, 0.717) is 5.76 Å². The van der Waals surface area contributed by atoms with Crippen molar-refractivity contribution in [2.75, 3.05) is 6.61 Å². The molecule has 4 nitrogen and oxygen atoms in total. The van der Waals surface area contributed by atoms with E-state index in [2.05, 4.69) is 5.32 Å². The van der Waals surface area contributed by atoms with Crippen molar-refractivity contribution in [2.45, 2.75) is 13.0 Å². The molecule has 0 aliphatic carbocycles. The summed E-state index contributed by atoms with van der Waals surface area (Å²) in [4.78, 5) is 12.0. The smallest absolute Gasteiger partial charge is 0.258 e. The number of para-hydroxylation sites is 1. The second kappa shape index (κ2) is 6.93. The average molecular weight is 348 g/mol. The number of benzene rings is 2. The van der Waals surface area contributed by atoms with Gasteiger partial charge >= 0.3 is 0 Å². The minimum atomic E-state index is -0.463. The zero-order valence-corrected chi connectivity index (χ0v) is 13.6. The van der Waals surface area contributed by atoms with Gasteiger partial charge in [-0.1, -0.05) is 29.8 Å². The first-order valence-electron chi connectivity index (χ1n) is 7.38. The predicted octanol–water partition coefficient (Wildman–Crippen LogP) is 4.48. The van der Waals surface area contributed by atoms with Crippen LogP contribution in [0.1, 0.15) is 18.7 Å². The zero-order valence-electron chi connectivity index (χ0n) is 12.9. The molecule has 0 aliphatic rings. The van der Waals surface area contributed by atoms with Crippen molar-refractivity contribution in [3.05, 3.63) is 65.1 Å². The summed E-state index contributed by atoms with van der Waals surface area (Å²) in [5.41, 5.74) is 0.767. The summed E-state index contributed by atoms with van der Waals surface area (Å²) in [7, 11) is 0. The third-order valence-corrected chi connectivity index (χ3v) is 3.80. The van der Waals surface area contributed by atoms with Crippen LogP contribution in [0, 0.1) is 5.82 Å². The Morgan fingerprint density at radius 3 is 2.83 bits per heavy atom. The van der Waals surface area contributed by atoms with Crippen molar-refractivity contribution < 1.29 is 18.3 Å². The molecule has 24 heavy (non-hydrogen) atoms. The number of halogens is 2. The predicted molar refractivity (Wildman–Crippen MR) is 89.7 cm³/mol. The molecule has 6 heteroatoms. The van der Waals surface area contributed by atoms with Crippen molar-refractivity contribution >= 4 is 28.5 Å². The molecule has 1 amide bonds. The third-order valence-electron chi connectivity index (χ3n) is 3.50. The van der Waals surface area contributed by atoms with Crippen molar-refractivity contribution in [3.8, 4) is 5.75 Å². The Morgan fingerprint density at radius 2 is 2.08 bits per heavy atom. The van der Waals surface area contributed by atoms with Gasteiger partial charge in [-0.3, -0.25) is 4.79 Å². The van der Waals surface area contributed by atoms with Crippen LogP contribution in [-0.2, 0) is 4.79 Å². The first kappa shape index (κ1) is 16.3. The summed E-state index contributed by atoms with van der Waals surface area (Å²) in [6.07, 6.45) is 0. The van der Waals surface area contributed by atoms with E-state index >= 15 is 0 Å². The van der Waals surface area contributed by atoms with Crippen LogP contribution in [0.4, 0.5) is 4.39 Å². The largest absolute Gasteiger partial charge is 0.482 e. The highest BCUT2D eigenvalue weighted by Gasteiger charge is 2.15. The fourth-order valence-corrected chi connectivity index (χ4v) is 2.53. The summed E-state index contributed by atoms with van der Waals surface area (Å²) in [6.45, 7) is 1.59. The molecule has 3 aromatic rings. The molecule has 3 rings (SSSR count). The number of nitrogens with one attached hydrogen (secondary N) is 1. The monoisotopic (exact) mass is 347 g/mol. The molecular weight excluding hydrogens is 333 g/mol. The van der Waals surface area contributed by atoms with Gasteiger partial charge in [-0.2, -0.15) is 0 Å². The highest BCUT2D eigenvalue weighted by Crippen LogP contribution is 2.25. The van der Waals surface area contributed by atoms with Gasteiger partial charge in [0.1, 0.15) is 22.9 Å². The molecule has 0 radical (unpaired) electrons. The molecule has 0 spiro atoms. The second-order valence-electron chi connectivity index (χ2n) is 5.34. The molecule has 0 saturated heterocycles. The van der Waals surface area contributed by atoms with E-state index in [1.165, 1.54) is 12.1 Å². The van der Waals surface area contributed by atoms with E-state index in [-0.39, 0.29) is 29.3 Å². The lowest BCUT2D eigenvalue weighted by atomic mass is 10.2. The summed E-state index contributed by atoms with van der Waals surface area (Å²) in [6, 6.07) is 12.9. The van der Waals surface area contributed by atoms with Gasteiger partial charge in [0.2, 0.25) is 0 Å². The lowest BCUT2D eigenvalue weighted by Gasteiger charge is -2.12. The van der Waals surface area contributed by atoms with Crippen LogP contribution < -0.4 is 10.1 Å². The van der Waals surface area contributed by atoms with E-state index < -0.39 is 5.82 Å². The van der Waals surface area contributed by atoms with Gasteiger partial charge in [0, 0.05) is 5.39 Å². The lowest BCUT2D eigenvalue weighted by molar-refractivity contribution is -0.123. The minimum absolute atomic E-state index is 0.119. The van der Waals surface area contributed by atoms with E-state index in [9.17, 15) is 9.18 Å². The van der Waals surface area contributed by atoms with E-state index in [1.807, 2.05) is 37.3 Å². The number of amides is 1. The van der Waals surface area contributed by atoms with Gasteiger partial charge < -0.3 is 14.5 Å². The van der Waals surface area contributed by atoms with Crippen LogP contribution in [0.25, 0.3) is 11.0 Å². The minimum Gasteiger partial charge on any atom is -0.482 e. The molecule has 0 fully saturated rings. The van der Waals surface area contributed by atoms with Crippen LogP contribution in [0.3, 0.4) is 0 Å². The van der Waals surface area contributed by atoms with Crippen molar-refractivity contribution in [2.24, 2.45) is 0 Å². The Hall–Kier alpha value is -2.53. The van der Waals surface area contributed by atoms with Crippen LogP contribution in [0.15, 0.2) is 52.9 Å². The fraction of sp³-hybridized carbons (Fsp3) is 0.167. The molecule has 1 aromatic heterocycles. The number of fused-ring (bicyclic) bond motifs is 1. The first-order valence-corrected chi connectivity index (χ1v) is 7.76. The normalized spacial score (nSPS) is 12.1. The third kappa shape index (κ3) is 3.68. The van der Waals surface area contributed by atoms with Crippen LogP contribution >= 0.6 is 11.6 Å². The molecule has 2 aromatic carbocycles. The summed E-state index contributed by atoms with van der Waals surface area (Å²) < 4.78 is 24.0. The van der Waals surface area contributed by atoms with Crippen LogP contribution in [-0.4, -0.2) is 12.5 Å². The number of carbonyl (C=O) groups excluding carboxylic acids is 1. The maximum Gasteiger partial charge on any atom is 0.258 e. The molecular formula is C18H15ClFNO3. The van der Waals surface area contributed by atoms with Gasteiger partial charge in [0.05, 0.1) is 11.1 Å². The Bertz CT molecular complexity index is 845. The van der Waals surface area contributed by atoms with Crippen molar-refractivity contribution in [3.63, 3.8) is 0 Å². The standard InChI is InChI=1S/C18H15ClFNO3/c1-11(17-8-12-4-2-3-5-15(12)24-17)21-18(22)10-23-16-7-6-13(20)9-14(16)19/h2-9,11H,10H2,1H3,(H,21,22)/t11-/m0/s1. The number of furan rings is 1. The number of hydrogen-bond acceptors (Lipinski definition) is 3. The first-order chi connectivity index (χ1) is 11.5. The molecule has 1 heterocycles. The Balaban J connectivity index is 1.59. The van der Waals surface area contributed by atoms with Gasteiger partial charge in [-0.15, -0.1) is 0 Å². The molecule has 1 N–H and O–H groups in total. The Morgan fingerprint density at radius 1 is 1.29 bits per heavy atom. The topological polar surface area (TPSA) is 51.5 Å². The quantitative estimate of drug-likeness (QED) is 0.740. The molecule has 0 unspecified atom stereocenters. The molecule has 124 valence electrons. The zero-order chi connectivity index (χ0) is 17.1. The molecule has 0 aliphatic heterocycles. The summed E-state index contributed by atoms with van der Waals surface area (Å²) in [5.74, 6) is 0.118. The van der Waals surface area contributed by atoms with Crippen LogP contribution in [0.5, 0.6) is 5.75 Å². The van der Waals surface area contributed by atoms with Crippen molar-refractivity contribution in [1.82, 2.24) is 5.32 Å². The SMILES string of the molecule is C[C@H](NC(=O)COc1ccc(F)cc1Cl)c1cc2ccccc2o1. The fourth-order valence-electron chi connectivity index (χ4n) is 2.31. The van der Waals surface area contributed by atoms with Gasteiger partial charge in [0.25, 0.3) is 5.91 Å². The second-order valence-corrected chi connectivity index (χ2v) is 5.75. The van der Waals surface area contributed by atoms with Crippen molar-refractivity contribution in [1.29, 1.82) is 0 Å². The van der Waals surface area contributed by atoms with E-state index in [4.69, 9.17) is 20.8 Å². The Kier molecular flexibility index (Phi) is 4.71. The number of carbonyl (C=O) groups is 1. The number of ether oxygens (including phenoxy) is 1. The summed E-state index contributed by atoms with van der Waals surface area (Å²) >= 11 is 5.85. The molecule has 0 bridgehead atoms. The average Bonchev–Trinajstić information content (AvgIpc) is 2.98. The maximum atomic E-state index is 13.0.